The summed E-state index contributed by atoms with van der Waals surface area (Å²) in [6.45, 7) is 5.14. The van der Waals surface area contributed by atoms with Gasteiger partial charge in [0.05, 0.1) is 0 Å². The highest BCUT2D eigenvalue weighted by Gasteiger charge is 2.26. The number of aromatic hydroxyl groups is 2. The lowest BCUT2D eigenvalue weighted by atomic mass is 9.88. The maximum atomic E-state index is 11.5. The Bertz CT molecular complexity index is 505. The molecule has 0 heterocycles. The Morgan fingerprint density at radius 3 is 2.83 bits per heavy atom. The lowest BCUT2D eigenvalue weighted by Crippen LogP contribution is -2.17. The fourth-order valence-electron chi connectivity index (χ4n) is 2.18. The third-order valence-electron chi connectivity index (χ3n) is 3.14. The molecule has 1 aliphatic rings. The van der Waals surface area contributed by atoms with Crippen molar-refractivity contribution in [2.75, 3.05) is 0 Å². The first kappa shape index (κ1) is 12.5. The predicted octanol–water partition coefficient (Wildman–Crippen LogP) is 2.59. The predicted molar refractivity (Wildman–Crippen MR) is 66.4 cm³/mol. The lowest BCUT2D eigenvalue weighted by Gasteiger charge is -2.26. The number of hydrogen-bond donors (Lipinski definition) is 2. The zero-order valence-corrected chi connectivity index (χ0v) is 10.3. The van der Waals surface area contributed by atoms with E-state index in [0.29, 0.717) is 17.6 Å². The Kier molecular flexibility index (Phi) is 3.28. The summed E-state index contributed by atoms with van der Waals surface area (Å²) >= 11 is 0. The largest absolute Gasteiger partial charge is 0.504 e. The van der Waals surface area contributed by atoms with Gasteiger partial charge in [-0.3, -0.25) is 0 Å². The third-order valence-corrected chi connectivity index (χ3v) is 3.14. The summed E-state index contributed by atoms with van der Waals surface area (Å²) in [5.74, 6) is -0.676. The molecule has 1 unspecified atom stereocenters. The second-order valence-electron chi connectivity index (χ2n) is 4.57. The molecule has 1 atom stereocenters. The van der Waals surface area contributed by atoms with Crippen LogP contribution < -0.4 is 0 Å². The Hall–Kier alpha value is -1.97. The van der Waals surface area contributed by atoms with E-state index in [9.17, 15) is 15.0 Å². The highest BCUT2D eigenvalue weighted by atomic mass is 16.5. The normalized spacial score (nSPS) is 17.9. The molecule has 2 N–H and O–H groups in total. The number of ether oxygens (including phenoxy) is 1. The van der Waals surface area contributed by atoms with Gasteiger partial charge < -0.3 is 14.9 Å². The van der Waals surface area contributed by atoms with E-state index in [1.807, 2.05) is 0 Å². The second-order valence-corrected chi connectivity index (χ2v) is 4.57. The molecule has 4 nitrogen and oxygen atoms in total. The molecule has 0 fully saturated rings. The van der Waals surface area contributed by atoms with Crippen molar-refractivity contribution in [1.29, 1.82) is 0 Å². The molecule has 96 valence electrons. The number of rotatable bonds is 2. The summed E-state index contributed by atoms with van der Waals surface area (Å²) in [6, 6.07) is 3.11. The first-order valence-corrected chi connectivity index (χ1v) is 5.91. The van der Waals surface area contributed by atoms with Gasteiger partial charge in [-0.05, 0) is 37.8 Å². The number of carbonyl (C=O) groups excluding carboxylic acids is 1. The SMILES string of the molecule is C=C(C)C(=O)OC1CCCc2c1ccc(O)c2O. The molecule has 0 saturated carbocycles. The van der Waals surface area contributed by atoms with Crippen molar-refractivity contribution < 1.29 is 19.7 Å². The smallest absolute Gasteiger partial charge is 0.333 e. The summed E-state index contributed by atoms with van der Waals surface area (Å²) in [7, 11) is 0. The quantitative estimate of drug-likeness (QED) is 0.479. The van der Waals surface area contributed by atoms with Crippen molar-refractivity contribution in [2.24, 2.45) is 0 Å². The lowest BCUT2D eigenvalue weighted by molar-refractivity contribution is -0.145. The molecule has 4 heteroatoms. The van der Waals surface area contributed by atoms with Crippen molar-refractivity contribution in [3.05, 3.63) is 35.4 Å². The van der Waals surface area contributed by atoms with Crippen LogP contribution in [0.2, 0.25) is 0 Å². The van der Waals surface area contributed by atoms with Gasteiger partial charge in [-0.15, -0.1) is 0 Å². The van der Waals surface area contributed by atoms with Gasteiger partial charge in [-0.25, -0.2) is 4.79 Å². The van der Waals surface area contributed by atoms with Crippen molar-refractivity contribution in [3.63, 3.8) is 0 Å². The molecule has 1 aromatic rings. The van der Waals surface area contributed by atoms with Gasteiger partial charge in [-0.1, -0.05) is 12.6 Å². The highest BCUT2D eigenvalue weighted by molar-refractivity contribution is 5.87. The van der Waals surface area contributed by atoms with Gasteiger partial charge in [0.25, 0.3) is 0 Å². The molecule has 1 aromatic carbocycles. The monoisotopic (exact) mass is 248 g/mol. The molecule has 2 rings (SSSR count). The van der Waals surface area contributed by atoms with Crippen LogP contribution >= 0.6 is 0 Å². The number of fused-ring (bicyclic) bond motifs is 1. The average molecular weight is 248 g/mol. The molecule has 0 saturated heterocycles. The van der Waals surface area contributed by atoms with Crippen LogP contribution in [-0.4, -0.2) is 16.2 Å². The Morgan fingerprint density at radius 2 is 2.17 bits per heavy atom. The van der Waals surface area contributed by atoms with E-state index in [0.717, 1.165) is 18.4 Å². The highest BCUT2D eigenvalue weighted by Crippen LogP contribution is 2.41. The molecule has 18 heavy (non-hydrogen) atoms. The number of carbonyl (C=O) groups is 1. The van der Waals surface area contributed by atoms with Crippen LogP contribution in [0.5, 0.6) is 11.5 Å². The van der Waals surface area contributed by atoms with E-state index < -0.39 is 5.97 Å². The van der Waals surface area contributed by atoms with Gasteiger partial charge in [0.2, 0.25) is 0 Å². The van der Waals surface area contributed by atoms with Crippen LogP contribution in [0.4, 0.5) is 0 Å². The van der Waals surface area contributed by atoms with Crippen LogP contribution in [0, 0.1) is 0 Å². The molecular formula is C14H16O4. The fourth-order valence-corrected chi connectivity index (χ4v) is 2.18. The molecule has 0 aliphatic heterocycles. The second kappa shape index (κ2) is 4.72. The summed E-state index contributed by atoms with van der Waals surface area (Å²) in [6.07, 6.45) is 1.83. The maximum absolute atomic E-state index is 11.5. The minimum Gasteiger partial charge on any atom is -0.504 e. The number of phenolic OH excluding ortho intramolecular Hbond substituents is 2. The van der Waals surface area contributed by atoms with Gasteiger partial charge in [0.15, 0.2) is 11.5 Å². The molecule has 0 radical (unpaired) electrons. The minimum absolute atomic E-state index is 0.108. The topological polar surface area (TPSA) is 66.8 Å². The number of esters is 1. The zero-order valence-electron chi connectivity index (χ0n) is 10.3. The van der Waals surface area contributed by atoms with E-state index in [4.69, 9.17) is 4.74 Å². The van der Waals surface area contributed by atoms with Crippen LogP contribution in [0.1, 0.15) is 37.0 Å². The van der Waals surface area contributed by atoms with Crippen LogP contribution in [0.15, 0.2) is 24.3 Å². The summed E-state index contributed by atoms with van der Waals surface area (Å²) in [4.78, 5) is 11.5. The summed E-state index contributed by atoms with van der Waals surface area (Å²) in [5.41, 5.74) is 1.79. The zero-order chi connectivity index (χ0) is 13.3. The van der Waals surface area contributed by atoms with E-state index in [1.165, 1.54) is 6.07 Å². The standard InChI is InChI=1S/C14H16O4/c1-8(2)14(17)18-12-5-3-4-10-9(12)6-7-11(15)13(10)16/h6-7,12,15-16H,1,3-5H2,2H3. The average Bonchev–Trinajstić information content (AvgIpc) is 2.34. The first-order chi connectivity index (χ1) is 8.50. The number of benzene rings is 1. The van der Waals surface area contributed by atoms with E-state index >= 15 is 0 Å². The number of hydrogen-bond acceptors (Lipinski definition) is 4. The van der Waals surface area contributed by atoms with Crippen molar-refractivity contribution in [3.8, 4) is 11.5 Å². The Labute approximate surface area is 106 Å². The van der Waals surface area contributed by atoms with Crippen LogP contribution in [0.25, 0.3) is 0 Å². The van der Waals surface area contributed by atoms with Crippen molar-refractivity contribution in [2.45, 2.75) is 32.3 Å². The molecule has 0 aromatic heterocycles. The Morgan fingerprint density at radius 1 is 1.44 bits per heavy atom. The fraction of sp³-hybridized carbons (Fsp3) is 0.357. The van der Waals surface area contributed by atoms with Gasteiger partial charge in [0, 0.05) is 11.1 Å². The van der Waals surface area contributed by atoms with E-state index in [1.54, 1.807) is 13.0 Å². The van der Waals surface area contributed by atoms with Crippen molar-refractivity contribution in [1.82, 2.24) is 0 Å². The Balaban J connectivity index is 2.31. The molecule has 0 bridgehead atoms. The maximum Gasteiger partial charge on any atom is 0.333 e. The van der Waals surface area contributed by atoms with Crippen LogP contribution in [-0.2, 0) is 16.0 Å². The minimum atomic E-state index is -0.430. The number of phenols is 2. The molecule has 1 aliphatic carbocycles. The molecule has 0 amide bonds. The van der Waals surface area contributed by atoms with Gasteiger partial charge in [0.1, 0.15) is 6.10 Å². The first-order valence-electron chi connectivity index (χ1n) is 5.91. The summed E-state index contributed by atoms with van der Waals surface area (Å²) < 4.78 is 5.34. The van der Waals surface area contributed by atoms with Crippen molar-refractivity contribution >= 4 is 5.97 Å². The van der Waals surface area contributed by atoms with Gasteiger partial charge >= 0.3 is 5.97 Å². The van der Waals surface area contributed by atoms with Gasteiger partial charge in [-0.2, -0.15) is 0 Å². The van der Waals surface area contributed by atoms with E-state index in [2.05, 4.69) is 6.58 Å². The van der Waals surface area contributed by atoms with E-state index in [-0.39, 0.29) is 17.6 Å². The molecule has 0 spiro atoms. The molecular weight excluding hydrogens is 232 g/mol. The van der Waals surface area contributed by atoms with Crippen LogP contribution in [0.3, 0.4) is 0 Å². The third kappa shape index (κ3) is 2.18. The summed E-state index contributed by atoms with van der Waals surface area (Å²) in [5, 5.41) is 19.3.